The highest BCUT2D eigenvalue weighted by Crippen LogP contribution is 2.44. The van der Waals surface area contributed by atoms with Gasteiger partial charge in [0.2, 0.25) is 5.91 Å². The highest BCUT2D eigenvalue weighted by molar-refractivity contribution is 6.30. The minimum absolute atomic E-state index is 0. The number of amides is 2. The van der Waals surface area contributed by atoms with Gasteiger partial charge in [-0.3, -0.25) is 9.59 Å². The summed E-state index contributed by atoms with van der Waals surface area (Å²) in [6.07, 6.45) is -1.57. The number of methoxy groups -OCH3 is 1. The van der Waals surface area contributed by atoms with Crippen molar-refractivity contribution in [2.45, 2.75) is 31.6 Å². The minimum Gasteiger partial charge on any atom is -0.492 e. The number of fused-ring (bicyclic) bond motifs is 1. The van der Waals surface area contributed by atoms with Crippen LogP contribution < -0.4 is 25.4 Å². The first-order valence-corrected chi connectivity index (χ1v) is 12.9. The Balaban J connectivity index is 0.00000441. The quantitative estimate of drug-likeness (QED) is 0.328. The third kappa shape index (κ3) is 7.03. The van der Waals surface area contributed by atoms with Crippen LogP contribution in [0.1, 0.15) is 35.6 Å². The molecule has 2 atom stereocenters. The molecule has 40 heavy (non-hydrogen) atoms. The number of carbonyl (C=O) groups excluding carboxylic acids is 2. The van der Waals surface area contributed by atoms with E-state index < -0.39 is 29.8 Å². The molecule has 11 heteroatoms. The molecule has 0 fully saturated rings. The molecule has 1 aliphatic rings. The van der Waals surface area contributed by atoms with Gasteiger partial charge in [0.1, 0.15) is 18.0 Å². The number of hydrogen-bond acceptors (Lipinski definition) is 6. The summed E-state index contributed by atoms with van der Waals surface area (Å²) in [5.74, 6) is -0.355. The van der Waals surface area contributed by atoms with E-state index in [2.05, 4.69) is 5.32 Å². The Labute approximate surface area is 243 Å². The van der Waals surface area contributed by atoms with E-state index in [1.807, 2.05) is 6.07 Å². The SMILES string of the molecule is COc1c(OCCCN)cccc1C1OC(CC(=O)NCc2ccccc2F)C(=O)N(C)c2ccc(Cl)cc21.Cl. The molecule has 3 N–H and O–H groups in total. The third-order valence-electron chi connectivity index (χ3n) is 6.45. The maximum atomic E-state index is 14.0. The number of likely N-dealkylation sites (N-methyl/N-ethyl adjacent to an activating group) is 1. The van der Waals surface area contributed by atoms with Crippen LogP contribution in [0.5, 0.6) is 11.5 Å². The van der Waals surface area contributed by atoms with Crippen molar-refractivity contribution in [1.29, 1.82) is 0 Å². The Morgan fingerprint density at radius 2 is 1.93 bits per heavy atom. The van der Waals surface area contributed by atoms with Gasteiger partial charge in [0.05, 0.1) is 20.1 Å². The van der Waals surface area contributed by atoms with Gasteiger partial charge in [-0.15, -0.1) is 12.4 Å². The van der Waals surface area contributed by atoms with Crippen LogP contribution >= 0.6 is 24.0 Å². The van der Waals surface area contributed by atoms with Crippen molar-refractivity contribution in [3.63, 3.8) is 0 Å². The lowest BCUT2D eigenvalue weighted by Crippen LogP contribution is -2.40. The summed E-state index contributed by atoms with van der Waals surface area (Å²) in [5.41, 5.74) is 7.76. The van der Waals surface area contributed by atoms with Gasteiger partial charge in [0.25, 0.3) is 5.91 Å². The molecule has 4 rings (SSSR count). The van der Waals surface area contributed by atoms with Gasteiger partial charge in [0, 0.05) is 41.0 Å². The van der Waals surface area contributed by atoms with E-state index in [-0.39, 0.29) is 25.4 Å². The smallest absolute Gasteiger partial charge is 0.256 e. The number of rotatable bonds is 10. The molecule has 0 saturated heterocycles. The van der Waals surface area contributed by atoms with Crippen LogP contribution in [0.3, 0.4) is 0 Å². The van der Waals surface area contributed by atoms with Crippen molar-refractivity contribution in [2.75, 3.05) is 32.2 Å². The van der Waals surface area contributed by atoms with Gasteiger partial charge in [-0.05, 0) is 43.3 Å². The fourth-order valence-corrected chi connectivity index (χ4v) is 4.64. The molecule has 2 amide bonds. The maximum absolute atomic E-state index is 14.0. The molecule has 0 aliphatic carbocycles. The van der Waals surface area contributed by atoms with Crippen molar-refractivity contribution < 1.29 is 28.2 Å². The van der Waals surface area contributed by atoms with Crippen LogP contribution in [0.2, 0.25) is 5.02 Å². The van der Waals surface area contributed by atoms with Gasteiger partial charge in [-0.2, -0.15) is 0 Å². The molecular formula is C29H32Cl2FN3O5. The summed E-state index contributed by atoms with van der Waals surface area (Å²) in [5, 5.41) is 3.14. The summed E-state index contributed by atoms with van der Waals surface area (Å²) in [6.45, 7) is 0.864. The fourth-order valence-electron chi connectivity index (χ4n) is 4.46. The number of halogens is 3. The van der Waals surface area contributed by atoms with E-state index in [4.69, 9.17) is 31.5 Å². The second-order valence-corrected chi connectivity index (χ2v) is 9.48. The standard InChI is InChI=1S/C29H31ClFN3O5.ClH/c1-34-23-12-11-19(30)15-21(23)27(20-8-5-10-24(28(20)37-2)38-14-6-13-32)39-25(29(34)36)16-26(35)33-17-18-7-3-4-9-22(18)31;/h3-5,7-12,15,25,27H,6,13-14,16-17,32H2,1-2H3,(H,33,35);1H. The first kappa shape index (κ1) is 31.2. The lowest BCUT2D eigenvalue weighted by atomic mass is 9.98. The number of hydrogen-bond donors (Lipinski definition) is 2. The number of carbonyl (C=O) groups is 2. The lowest BCUT2D eigenvalue weighted by Gasteiger charge is -2.24. The number of para-hydroxylation sites is 1. The van der Waals surface area contributed by atoms with Crippen molar-refractivity contribution in [3.8, 4) is 11.5 Å². The van der Waals surface area contributed by atoms with E-state index in [0.29, 0.717) is 58.5 Å². The van der Waals surface area contributed by atoms with E-state index in [0.717, 1.165) is 0 Å². The number of nitrogens with zero attached hydrogens (tertiary/aromatic N) is 1. The van der Waals surface area contributed by atoms with Gasteiger partial charge in [-0.1, -0.05) is 41.9 Å². The number of benzene rings is 3. The largest absolute Gasteiger partial charge is 0.492 e. The molecule has 214 valence electrons. The number of nitrogens with one attached hydrogen (secondary N) is 1. The van der Waals surface area contributed by atoms with Crippen LogP contribution in [0.4, 0.5) is 10.1 Å². The summed E-state index contributed by atoms with van der Waals surface area (Å²) in [7, 11) is 3.14. The Bertz CT molecular complexity index is 1340. The second kappa shape index (κ2) is 14.3. The Morgan fingerprint density at radius 1 is 1.15 bits per heavy atom. The van der Waals surface area contributed by atoms with Gasteiger partial charge < -0.3 is 30.2 Å². The molecule has 0 aromatic heterocycles. The number of anilines is 1. The highest BCUT2D eigenvalue weighted by Gasteiger charge is 2.37. The van der Waals surface area contributed by atoms with Crippen molar-refractivity contribution in [1.82, 2.24) is 5.32 Å². The van der Waals surface area contributed by atoms with Crippen molar-refractivity contribution >= 4 is 41.5 Å². The van der Waals surface area contributed by atoms with Gasteiger partial charge in [-0.25, -0.2) is 4.39 Å². The molecular weight excluding hydrogens is 560 g/mol. The lowest BCUT2D eigenvalue weighted by molar-refractivity contribution is -0.137. The zero-order chi connectivity index (χ0) is 27.9. The summed E-state index contributed by atoms with van der Waals surface area (Å²) in [4.78, 5) is 27.8. The average molecular weight is 592 g/mol. The first-order chi connectivity index (χ1) is 18.8. The van der Waals surface area contributed by atoms with Gasteiger partial charge in [0.15, 0.2) is 11.5 Å². The fraction of sp³-hybridized carbons (Fsp3) is 0.310. The molecule has 0 saturated carbocycles. The maximum Gasteiger partial charge on any atom is 0.256 e. The molecule has 8 nitrogen and oxygen atoms in total. The molecule has 3 aromatic rings. The normalized spacial score (nSPS) is 16.4. The summed E-state index contributed by atoms with van der Waals surface area (Å²) < 4.78 is 32.0. The second-order valence-electron chi connectivity index (χ2n) is 9.05. The van der Waals surface area contributed by atoms with Crippen molar-refractivity contribution in [3.05, 3.63) is 88.2 Å². The summed E-state index contributed by atoms with van der Waals surface area (Å²) in [6, 6.07) is 16.7. The predicted octanol–water partition coefficient (Wildman–Crippen LogP) is 4.79. The van der Waals surface area contributed by atoms with Crippen LogP contribution in [0.25, 0.3) is 0 Å². The molecule has 0 radical (unpaired) electrons. The number of ether oxygens (including phenoxy) is 3. The third-order valence-corrected chi connectivity index (χ3v) is 6.68. The zero-order valence-electron chi connectivity index (χ0n) is 22.2. The van der Waals surface area contributed by atoms with Gasteiger partial charge >= 0.3 is 0 Å². The molecule has 1 heterocycles. The van der Waals surface area contributed by atoms with Crippen LogP contribution in [-0.2, 0) is 20.9 Å². The molecule has 3 aromatic carbocycles. The zero-order valence-corrected chi connectivity index (χ0v) is 23.8. The van der Waals surface area contributed by atoms with E-state index in [1.165, 1.54) is 18.1 Å². The Morgan fingerprint density at radius 3 is 2.65 bits per heavy atom. The van der Waals surface area contributed by atoms with E-state index in [9.17, 15) is 14.0 Å². The minimum atomic E-state index is -1.14. The molecule has 0 spiro atoms. The molecule has 2 unspecified atom stereocenters. The van der Waals surface area contributed by atoms with Crippen LogP contribution in [-0.4, -0.2) is 45.2 Å². The van der Waals surface area contributed by atoms with E-state index in [1.54, 1.807) is 55.6 Å². The molecule has 0 bridgehead atoms. The van der Waals surface area contributed by atoms with E-state index >= 15 is 0 Å². The monoisotopic (exact) mass is 591 g/mol. The number of nitrogens with two attached hydrogens (primary N) is 1. The predicted molar refractivity (Wildman–Crippen MR) is 154 cm³/mol. The first-order valence-electron chi connectivity index (χ1n) is 12.6. The Kier molecular flexibility index (Phi) is 11.2. The Hall–Kier alpha value is -3.37. The molecule has 1 aliphatic heterocycles. The topological polar surface area (TPSA) is 103 Å². The van der Waals surface area contributed by atoms with Crippen LogP contribution in [0.15, 0.2) is 60.7 Å². The highest BCUT2D eigenvalue weighted by atomic mass is 35.5. The summed E-state index contributed by atoms with van der Waals surface area (Å²) >= 11 is 6.37. The van der Waals surface area contributed by atoms with Crippen LogP contribution in [0, 0.1) is 5.82 Å². The average Bonchev–Trinajstić information content (AvgIpc) is 3.03. The van der Waals surface area contributed by atoms with Crippen molar-refractivity contribution in [2.24, 2.45) is 5.73 Å².